The number of benzene rings is 1. The Morgan fingerprint density at radius 3 is 2.38 bits per heavy atom. The van der Waals surface area contributed by atoms with Crippen molar-refractivity contribution in [3.8, 4) is 10.6 Å². The second-order valence-electron chi connectivity index (χ2n) is 8.92. The molecule has 0 saturated carbocycles. The number of Topliss-reactive ketones (excluding diaryl/α,β-unsaturated/α-hetero) is 1. The molecule has 0 spiro atoms. The fourth-order valence-electron chi connectivity index (χ4n) is 3.84. The third-order valence-electron chi connectivity index (χ3n) is 5.87. The summed E-state index contributed by atoms with van der Waals surface area (Å²) in [6.07, 6.45) is 1.50. The first kappa shape index (κ1) is 31.3. The second-order valence-corrected chi connectivity index (χ2v) is 12.7. The Morgan fingerprint density at radius 1 is 0.905 bits per heavy atom. The van der Waals surface area contributed by atoms with Crippen LogP contribution in [0.5, 0.6) is 0 Å². The van der Waals surface area contributed by atoms with Crippen molar-refractivity contribution >= 4 is 62.2 Å². The maximum Gasteiger partial charge on any atom is 0.289 e. The van der Waals surface area contributed by atoms with E-state index in [-0.39, 0.29) is 40.4 Å². The van der Waals surface area contributed by atoms with Gasteiger partial charge in [-0.25, -0.2) is 18.1 Å². The summed E-state index contributed by atoms with van der Waals surface area (Å²) in [6.45, 7) is -0.309. The topological polar surface area (TPSA) is 147 Å². The van der Waals surface area contributed by atoms with Crippen LogP contribution >= 0.6 is 34.5 Å². The van der Waals surface area contributed by atoms with Crippen molar-refractivity contribution in [2.45, 2.75) is 23.1 Å². The van der Waals surface area contributed by atoms with Crippen LogP contribution in [0.15, 0.2) is 83.2 Å². The Labute approximate surface area is 256 Å². The van der Waals surface area contributed by atoms with Gasteiger partial charge in [0, 0.05) is 25.7 Å². The van der Waals surface area contributed by atoms with Gasteiger partial charge in [0.25, 0.3) is 5.91 Å². The summed E-state index contributed by atoms with van der Waals surface area (Å²) in [5.74, 6) is -2.39. The molecule has 0 bridgehead atoms. The summed E-state index contributed by atoms with van der Waals surface area (Å²) in [4.78, 5) is 47.4. The number of amides is 2. The molecule has 4 rings (SSSR count). The third kappa shape index (κ3) is 8.66. The first-order valence-electron chi connectivity index (χ1n) is 12.6. The molecule has 10 nitrogen and oxygen atoms in total. The SMILES string of the molecule is O=C(Cc1ccc(Cl)nc1Cl)N[C@@H](Cc1ccccc1)C(=O)C(=O)NCCNS(=O)(=O)c1ccc(-c2ccccn2)s1. The minimum Gasteiger partial charge on any atom is -0.348 e. The van der Waals surface area contributed by atoms with E-state index in [2.05, 4.69) is 25.3 Å². The van der Waals surface area contributed by atoms with Crippen molar-refractivity contribution < 1.29 is 22.8 Å². The molecule has 14 heteroatoms. The van der Waals surface area contributed by atoms with Gasteiger partial charge < -0.3 is 10.6 Å². The van der Waals surface area contributed by atoms with Crippen LogP contribution in [0.4, 0.5) is 0 Å². The molecular weight excluding hydrogens is 621 g/mol. The lowest BCUT2D eigenvalue weighted by molar-refractivity contribution is -0.140. The van der Waals surface area contributed by atoms with E-state index in [0.29, 0.717) is 16.1 Å². The molecule has 0 aliphatic rings. The van der Waals surface area contributed by atoms with E-state index in [0.717, 1.165) is 16.9 Å². The van der Waals surface area contributed by atoms with Crippen LogP contribution in [0.25, 0.3) is 10.6 Å². The number of carbonyl (C=O) groups excluding carboxylic acids is 3. The molecule has 0 radical (unpaired) electrons. The van der Waals surface area contributed by atoms with Crippen LogP contribution in [0.1, 0.15) is 11.1 Å². The first-order chi connectivity index (χ1) is 20.1. The highest BCUT2D eigenvalue weighted by Crippen LogP contribution is 2.29. The van der Waals surface area contributed by atoms with E-state index >= 15 is 0 Å². The highest BCUT2D eigenvalue weighted by Gasteiger charge is 2.27. The van der Waals surface area contributed by atoms with E-state index in [4.69, 9.17) is 23.2 Å². The Balaban J connectivity index is 1.34. The third-order valence-corrected chi connectivity index (χ3v) is 9.47. The van der Waals surface area contributed by atoms with Crippen LogP contribution < -0.4 is 15.4 Å². The number of ketones is 1. The molecule has 3 heterocycles. The predicted molar refractivity (Wildman–Crippen MR) is 161 cm³/mol. The van der Waals surface area contributed by atoms with Crippen LogP contribution in [0.3, 0.4) is 0 Å². The molecule has 42 heavy (non-hydrogen) atoms. The molecule has 1 aromatic carbocycles. The fourth-order valence-corrected chi connectivity index (χ4v) is 6.61. The number of hydrogen-bond acceptors (Lipinski definition) is 8. The van der Waals surface area contributed by atoms with Gasteiger partial charge in [-0.2, -0.15) is 0 Å². The zero-order valence-corrected chi connectivity index (χ0v) is 25.1. The smallest absolute Gasteiger partial charge is 0.289 e. The summed E-state index contributed by atoms with van der Waals surface area (Å²) < 4.78 is 27.9. The standard InChI is InChI=1S/C28H25Cl2N5O5S2/c29-23-11-9-19(27(30)35-23)17-24(36)34-21(16-18-6-2-1-3-7-18)26(37)28(38)32-14-15-33-42(39,40)25-12-10-22(41-25)20-8-4-5-13-31-20/h1-13,21,33H,14-17H2,(H,32,38)(H,34,36)/t21-/m0/s1. The number of aromatic nitrogens is 2. The lowest BCUT2D eigenvalue weighted by atomic mass is 10.0. The number of thiophene rings is 1. The Hall–Kier alpha value is -3.68. The molecule has 4 aromatic rings. The van der Waals surface area contributed by atoms with E-state index in [1.54, 1.807) is 66.9 Å². The molecule has 2 amide bonds. The van der Waals surface area contributed by atoms with Crippen LogP contribution in [0, 0.1) is 0 Å². The highest BCUT2D eigenvalue weighted by molar-refractivity contribution is 7.91. The van der Waals surface area contributed by atoms with Crippen LogP contribution in [0.2, 0.25) is 10.3 Å². The van der Waals surface area contributed by atoms with Gasteiger partial charge in [-0.15, -0.1) is 11.3 Å². The van der Waals surface area contributed by atoms with Crippen molar-refractivity contribution in [2.24, 2.45) is 0 Å². The minimum absolute atomic E-state index is 0.0549. The largest absolute Gasteiger partial charge is 0.348 e. The van der Waals surface area contributed by atoms with Crippen molar-refractivity contribution in [2.75, 3.05) is 13.1 Å². The van der Waals surface area contributed by atoms with Gasteiger partial charge in [-0.3, -0.25) is 19.4 Å². The average molecular weight is 647 g/mol. The maximum atomic E-state index is 13.1. The van der Waals surface area contributed by atoms with E-state index < -0.39 is 33.7 Å². The maximum absolute atomic E-state index is 13.1. The Morgan fingerprint density at radius 2 is 1.67 bits per heavy atom. The molecule has 0 aliphatic heterocycles. The number of hydrogen-bond donors (Lipinski definition) is 3. The first-order valence-corrected chi connectivity index (χ1v) is 15.6. The van der Waals surface area contributed by atoms with Crippen molar-refractivity contribution in [3.05, 3.63) is 100 Å². The molecule has 0 aliphatic carbocycles. The fraction of sp³-hybridized carbons (Fsp3) is 0.179. The molecule has 0 fully saturated rings. The number of rotatable bonds is 13. The minimum atomic E-state index is -3.85. The number of nitrogens with zero attached hydrogens (tertiary/aromatic N) is 2. The van der Waals surface area contributed by atoms with Crippen molar-refractivity contribution in [3.63, 3.8) is 0 Å². The zero-order valence-electron chi connectivity index (χ0n) is 21.9. The van der Waals surface area contributed by atoms with Gasteiger partial charge in [0.1, 0.15) is 20.6 Å². The summed E-state index contributed by atoms with van der Waals surface area (Å²) >= 11 is 12.9. The molecule has 3 N–H and O–H groups in total. The van der Waals surface area contributed by atoms with Gasteiger partial charge >= 0.3 is 0 Å². The number of sulfonamides is 1. The van der Waals surface area contributed by atoms with Gasteiger partial charge in [0.2, 0.25) is 21.7 Å². The number of nitrogens with one attached hydrogen (secondary N) is 3. The molecule has 0 saturated heterocycles. The number of pyridine rings is 2. The lowest BCUT2D eigenvalue weighted by Gasteiger charge is -2.18. The quantitative estimate of drug-likeness (QED) is 0.115. The van der Waals surface area contributed by atoms with Gasteiger partial charge in [-0.05, 0) is 41.5 Å². The summed E-state index contributed by atoms with van der Waals surface area (Å²) in [6, 6.07) is 19.2. The van der Waals surface area contributed by atoms with Gasteiger partial charge in [0.15, 0.2) is 0 Å². The summed E-state index contributed by atoms with van der Waals surface area (Å²) in [5.41, 5.74) is 1.78. The second kappa shape index (κ2) is 14.5. The predicted octanol–water partition coefficient (Wildman–Crippen LogP) is 3.45. The van der Waals surface area contributed by atoms with Gasteiger partial charge in [0.05, 0.1) is 17.0 Å². The lowest BCUT2D eigenvalue weighted by Crippen LogP contribution is -2.50. The van der Waals surface area contributed by atoms with Crippen molar-refractivity contribution in [1.29, 1.82) is 0 Å². The highest BCUT2D eigenvalue weighted by atomic mass is 35.5. The Bertz CT molecular complexity index is 1670. The molecule has 3 aromatic heterocycles. The molecule has 1 atom stereocenters. The zero-order chi connectivity index (χ0) is 30.1. The van der Waals surface area contributed by atoms with Crippen LogP contribution in [-0.4, -0.2) is 55.1 Å². The normalized spacial score (nSPS) is 12.0. The molecule has 0 unspecified atom stereocenters. The summed E-state index contributed by atoms with van der Waals surface area (Å²) in [5, 5.41) is 5.25. The monoisotopic (exact) mass is 645 g/mol. The van der Waals surface area contributed by atoms with E-state index in [1.165, 1.54) is 12.1 Å². The molecular formula is C28H25Cl2N5O5S2. The van der Waals surface area contributed by atoms with E-state index in [1.807, 2.05) is 0 Å². The molecule has 218 valence electrons. The van der Waals surface area contributed by atoms with Crippen LogP contribution in [-0.2, 0) is 37.2 Å². The average Bonchev–Trinajstić information content (AvgIpc) is 3.49. The Kier molecular flexibility index (Phi) is 10.8. The number of halogens is 2. The van der Waals surface area contributed by atoms with Crippen molar-refractivity contribution in [1.82, 2.24) is 25.3 Å². The summed E-state index contributed by atoms with van der Waals surface area (Å²) in [7, 11) is -3.85. The number of carbonyl (C=O) groups is 3. The van der Waals surface area contributed by atoms with E-state index in [9.17, 15) is 22.8 Å². The van der Waals surface area contributed by atoms with Gasteiger partial charge in [-0.1, -0.05) is 65.7 Å².